The maximum atomic E-state index is 12.7. The number of H-pyrrole nitrogens is 1. The summed E-state index contributed by atoms with van der Waals surface area (Å²) in [5.41, 5.74) is 2.59. The molecule has 6 rings (SSSR count). The normalized spacial score (nSPS) is 18.4. The molecule has 0 bridgehead atoms. The molecular formula is C19H17BrN6O2S. The van der Waals surface area contributed by atoms with Gasteiger partial charge in [0.1, 0.15) is 21.3 Å². The molecule has 1 aliphatic carbocycles. The lowest BCUT2D eigenvalue weighted by Crippen LogP contribution is -2.31. The van der Waals surface area contributed by atoms with E-state index >= 15 is 0 Å². The summed E-state index contributed by atoms with van der Waals surface area (Å²) in [6.45, 7) is 2.40. The van der Waals surface area contributed by atoms with Crippen LogP contribution in [0.4, 0.5) is 5.69 Å². The molecule has 29 heavy (non-hydrogen) atoms. The summed E-state index contributed by atoms with van der Waals surface area (Å²) in [6, 6.07) is 1.75. The molecule has 1 spiro atoms. The Hall–Kier alpha value is -2.30. The number of rotatable bonds is 3. The third-order valence-electron chi connectivity index (χ3n) is 6.00. The Morgan fingerprint density at radius 2 is 2.21 bits per heavy atom. The van der Waals surface area contributed by atoms with Crippen molar-refractivity contribution in [2.24, 2.45) is 5.41 Å². The average molecular weight is 473 g/mol. The SMILES string of the molecule is O=C(CN1CCC2(CC2)C1)Nc1cnc2c(c1)[nH]c(=O)c1c2nn2cc(Br)sc12. The second-order valence-corrected chi connectivity index (χ2v) is 10.5. The van der Waals surface area contributed by atoms with Gasteiger partial charge < -0.3 is 10.3 Å². The van der Waals surface area contributed by atoms with Crippen LogP contribution in [0.15, 0.2) is 27.0 Å². The molecule has 1 aliphatic heterocycles. The topological polar surface area (TPSA) is 95.4 Å². The number of aromatic nitrogens is 4. The van der Waals surface area contributed by atoms with Crippen molar-refractivity contribution in [1.82, 2.24) is 24.5 Å². The first kappa shape index (κ1) is 17.5. The van der Waals surface area contributed by atoms with E-state index in [1.165, 1.54) is 30.6 Å². The van der Waals surface area contributed by atoms with Crippen LogP contribution in [0.2, 0.25) is 0 Å². The van der Waals surface area contributed by atoms with Gasteiger partial charge in [0.2, 0.25) is 5.91 Å². The summed E-state index contributed by atoms with van der Waals surface area (Å²) in [5.74, 6) is -0.0559. The molecule has 148 valence electrons. The van der Waals surface area contributed by atoms with E-state index in [9.17, 15) is 9.59 Å². The molecule has 2 fully saturated rings. The van der Waals surface area contributed by atoms with Gasteiger partial charge in [-0.15, -0.1) is 11.3 Å². The molecule has 2 N–H and O–H groups in total. The van der Waals surface area contributed by atoms with Crippen LogP contribution in [-0.2, 0) is 4.79 Å². The number of carbonyl (C=O) groups is 1. The van der Waals surface area contributed by atoms with Gasteiger partial charge in [-0.05, 0) is 53.2 Å². The molecule has 0 unspecified atom stereocenters. The number of pyridine rings is 2. The van der Waals surface area contributed by atoms with Crippen molar-refractivity contribution in [3.8, 4) is 0 Å². The van der Waals surface area contributed by atoms with Crippen molar-refractivity contribution in [2.75, 3.05) is 25.0 Å². The summed E-state index contributed by atoms with van der Waals surface area (Å²) in [6.07, 6.45) is 7.24. The number of carbonyl (C=O) groups excluding carboxylic acids is 1. The van der Waals surface area contributed by atoms with Gasteiger partial charge in [0, 0.05) is 6.54 Å². The van der Waals surface area contributed by atoms with Gasteiger partial charge in [-0.3, -0.25) is 19.5 Å². The van der Waals surface area contributed by atoms with E-state index in [1.807, 2.05) is 6.20 Å². The Labute approximate surface area is 177 Å². The molecule has 10 heteroatoms. The van der Waals surface area contributed by atoms with E-state index < -0.39 is 0 Å². The van der Waals surface area contributed by atoms with Gasteiger partial charge in [0.15, 0.2) is 0 Å². The molecule has 1 saturated heterocycles. The lowest BCUT2D eigenvalue weighted by molar-refractivity contribution is -0.117. The van der Waals surface area contributed by atoms with E-state index in [2.05, 4.69) is 41.2 Å². The number of halogens is 1. The Kier molecular flexibility index (Phi) is 3.69. The first-order valence-corrected chi connectivity index (χ1v) is 11.1. The van der Waals surface area contributed by atoms with Crippen molar-refractivity contribution in [2.45, 2.75) is 19.3 Å². The second kappa shape index (κ2) is 6.10. The minimum Gasteiger partial charge on any atom is -0.324 e. The van der Waals surface area contributed by atoms with Gasteiger partial charge in [0.05, 0.1) is 33.9 Å². The van der Waals surface area contributed by atoms with E-state index in [0.29, 0.717) is 39.6 Å². The average Bonchev–Trinajstić information content (AvgIpc) is 2.96. The third kappa shape index (κ3) is 2.89. The number of aromatic amines is 1. The van der Waals surface area contributed by atoms with Crippen molar-refractivity contribution < 1.29 is 4.79 Å². The molecular weight excluding hydrogens is 456 g/mol. The number of hydrogen-bond acceptors (Lipinski definition) is 6. The smallest absolute Gasteiger partial charge is 0.261 e. The van der Waals surface area contributed by atoms with Crippen LogP contribution in [0, 0.1) is 5.41 Å². The van der Waals surface area contributed by atoms with Gasteiger partial charge in [-0.1, -0.05) is 0 Å². The van der Waals surface area contributed by atoms with E-state index in [-0.39, 0.29) is 11.5 Å². The third-order valence-corrected chi connectivity index (χ3v) is 7.57. The molecule has 0 aromatic carbocycles. The molecule has 0 radical (unpaired) electrons. The zero-order chi connectivity index (χ0) is 19.8. The molecule has 4 aromatic rings. The number of likely N-dealkylation sites (tertiary alicyclic amines) is 1. The summed E-state index contributed by atoms with van der Waals surface area (Å²) in [4.78, 5) is 35.5. The van der Waals surface area contributed by atoms with Crippen molar-refractivity contribution in [1.29, 1.82) is 0 Å². The molecule has 5 heterocycles. The molecule has 0 atom stereocenters. The summed E-state index contributed by atoms with van der Waals surface area (Å²) < 4.78 is 2.59. The van der Waals surface area contributed by atoms with E-state index in [0.717, 1.165) is 21.7 Å². The van der Waals surface area contributed by atoms with Crippen LogP contribution in [0.1, 0.15) is 19.3 Å². The van der Waals surface area contributed by atoms with Gasteiger partial charge in [-0.25, -0.2) is 4.52 Å². The van der Waals surface area contributed by atoms with Crippen LogP contribution in [-0.4, -0.2) is 50.0 Å². The highest BCUT2D eigenvalue weighted by atomic mass is 79.9. The number of nitrogens with one attached hydrogen (secondary N) is 2. The van der Waals surface area contributed by atoms with Gasteiger partial charge >= 0.3 is 0 Å². The maximum absolute atomic E-state index is 12.7. The number of hydrogen-bond donors (Lipinski definition) is 2. The van der Waals surface area contributed by atoms with Crippen LogP contribution >= 0.6 is 27.3 Å². The number of amides is 1. The highest BCUT2D eigenvalue weighted by Gasteiger charge is 2.47. The number of fused-ring (bicyclic) bond motifs is 5. The second-order valence-electron chi connectivity index (χ2n) is 8.09. The fourth-order valence-electron chi connectivity index (χ4n) is 4.34. The number of nitrogens with zero attached hydrogens (tertiary/aromatic N) is 4. The predicted octanol–water partition coefficient (Wildman–Crippen LogP) is 2.97. The maximum Gasteiger partial charge on any atom is 0.261 e. The van der Waals surface area contributed by atoms with Crippen molar-refractivity contribution >= 4 is 65.6 Å². The highest BCUT2D eigenvalue weighted by molar-refractivity contribution is 9.11. The van der Waals surface area contributed by atoms with Crippen LogP contribution < -0.4 is 10.9 Å². The summed E-state index contributed by atoms with van der Waals surface area (Å²) >= 11 is 4.87. The zero-order valence-electron chi connectivity index (χ0n) is 15.4. The zero-order valence-corrected chi connectivity index (χ0v) is 17.8. The Balaban J connectivity index is 1.30. The van der Waals surface area contributed by atoms with Gasteiger partial charge in [-0.2, -0.15) is 5.10 Å². The van der Waals surface area contributed by atoms with Gasteiger partial charge in [0.25, 0.3) is 5.56 Å². The predicted molar refractivity (Wildman–Crippen MR) is 116 cm³/mol. The molecule has 4 aromatic heterocycles. The summed E-state index contributed by atoms with van der Waals surface area (Å²) in [7, 11) is 0. The molecule has 8 nitrogen and oxygen atoms in total. The first-order chi connectivity index (χ1) is 14.0. The van der Waals surface area contributed by atoms with Crippen LogP contribution in [0.25, 0.3) is 26.8 Å². The lowest BCUT2D eigenvalue weighted by Gasteiger charge is -2.15. The minimum absolute atomic E-state index is 0.0559. The Morgan fingerprint density at radius 1 is 1.34 bits per heavy atom. The quantitative estimate of drug-likeness (QED) is 0.477. The largest absolute Gasteiger partial charge is 0.324 e. The molecule has 1 amide bonds. The number of anilines is 1. The Morgan fingerprint density at radius 3 is 3.00 bits per heavy atom. The standard InChI is InChI=1S/C19H17BrN6O2S/c20-12-7-26-18(29-12)14-16(24-26)15-11(23-17(14)28)5-10(6-21-15)22-13(27)8-25-4-3-19(9-25)1-2-19/h5-7H,1-4,8-9H2,(H,22,27)(H,23,28). The highest BCUT2D eigenvalue weighted by Crippen LogP contribution is 2.52. The summed E-state index contributed by atoms with van der Waals surface area (Å²) in [5, 5.41) is 7.96. The van der Waals surface area contributed by atoms with Crippen molar-refractivity contribution in [3.63, 3.8) is 0 Å². The number of thiazole rings is 1. The fraction of sp³-hybridized carbons (Fsp3) is 0.368. The lowest BCUT2D eigenvalue weighted by atomic mass is 10.1. The van der Waals surface area contributed by atoms with Crippen molar-refractivity contribution in [3.05, 3.63) is 32.6 Å². The fourth-order valence-corrected chi connectivity index (χ4v) is 5.81. The first-order valence-electron chi connectivity index (χ1n) is 9.51. The van der Waals surface area contributed by atoms with Crippen LogP contribution in [0.3, 0.4) is 0 Å². The Bertz CT molecular complexity index is 1370. The molecule has 1 saturated carbocycles. The minimum atomic E-state index is -0.214. The monoisotopic (exact) mass is 472 g/mol. The van der Waals surface area contributed by atoms with Crippen LogP contribution in [0.5, 0.6) is 0 Å². The van der Waals surface area contributed by atoms with E-state index in [1.54, 1.807) is 16.8 Å². The molecule has 2 aliphatic rings. The van der Waals surface area contributed by atoms with E-state index in [4.69, 9.17) is 0 Å².